The number of carbonyl (C=O) groups is 1. The first-order chi connectivity index (χ1) is 12.7. The Bertz CT molecular complexity index is 857. The highest BCUT2D eigenvalue weighted by Crippen LogP contribution is 2.17. The summed E-state index contributed by atoms with van der Waals surface area (Å²) in [5.74, 6) is -0.0791. The van der Waals surface area contributed by atoms with Gasteiger partial charge in [0.1, 0.15) is 0 Å². The summed E-state index contributed by atoms with van der Waals surface area (Å²) in [5.41, 5.74) is 3.70. The summed E-state index contributed by atoms with van der Waals surface area (Å²) in [6.45, 7) is 2.67. The van der Waals surface area contributed by atoms with Crippen molar-refractivity contribution in [1.29, 1.82) is 0 Å². The Balaban J connectivity index is 1.70. The second-order valence-electron chi connectivity index (χ2n) is 6.13. The van der Waals surface area contributed by atoms with Gasteiger partial charge in [0.25, 0.3) is 5.91 Å². The molecule has 1 amide bonds. The molecule has 0 atom stereocenters. The Labute approximate surface area is 158 Å². The van der Waals surface area contributed by atoms with Crippen LogP contribution in [0.4, 0.5) is 0 Å². The zero-order valence-electron chi connectivity index (χ0n) is 14.8. The van der Waals surface area contributed by atoms with Crippen LogP contribution in [0.25, 0.3) is 5.69 Å². The van der Waals surface area contributed by atoms with Crippen LogP contribution in [0.15, 0.2) is 60.8 Å². The molecule has 26 heavy (non-hydrogen) atoms. The molecule has 134 valence electrons. The summed E-state index contributed by atoms with van der Waals surface area (Å²) >= 11 is 5.90. The van der Waals surface area contributed by atoms with Crippen molar-refractivity contribution in [1.82, 2.24) is 15.1 Å². The Morgan fingerprint density at radius 1 is 1.08 bits per heavy atom. The lowest BCUT2D eigenvalue weighted by Crippen LogP contribution is -2.26. The minimum Gasteiger partial charge on any atom is -0.352 e. The third kappa shape index (κ3) is 4.33. The number of aromatic nitrogens is 2. The average Bonchev–Trinajstić information content (AvgIpc) is 3.08. The molecule has 3 rings (SSSR count). The van der Waals surface area contributed by atoms with Crippen LogP contribution in [0.5, 0.6) is 0 Å². The summed E-state index contributed by atoms with van der Waals surface area (Å²) < 4.78 is 1.86. The molecule has 4 nitrogen and oxygen atoms in total. The van der Waals surface area contributed by atoms with Crippen LogP contribution < -0.4 is 5.32 Å². The minimum atomic E-state index is -0.0791. The monoisotopic (exact) mass is 367 g/mol. The number of carbonyl (C=O) groups excluding carboxylic acids is 1. The van der Waals surface area contributed by atoms with E-state index in [2.05, 4.69) is 17.3 Å². The highest BCUT2D eigenvalue weighted by atomic mass is 35.5. The fourth-order valence-electron chi connectivity index (χ4n) is 2.90. The van der Waals surface area contributed by atoms with Gasteiger partial charge < -0.3 is 5.32 Å². The third-order valence-corrected chi connectivity index (χ3v) is 4.47. The lowest BCUT2D eigenvalue weighted by molar-refractivity contribution is 0.0953. The minimum absolute atomic E-state index is 0.0791. The first-order valence-corrected chi connectivity index (χ1v) is 9.21. The molecule has 1 N–H and O–H groups in total. The molecule has 0 radical (unpaired) electrons. The van der Waals surface area contributed by atoms with E-state index in [0.29, 0.717) is 12.1 Å². The van der Waals surface area contributed by atoms with Crippen molar-refractivity contribution in [2.24, 2.45) is 0 Å². The van der Waals surface area contributed by atoms with Gasteiger partial charge in [0, 0.05) is 11.6 Å². The molecule has 1 aromatic heterocycles. The van der Waals surface area contributed by atoms with Gasteiger partial charge >= 0.3 is 0 Å². The van der Waals surface area contributed by atoms with Gasteiger partial charge in [0.05, 0.1) is 23.1 Å². The Hall–Kier alpha value is -2.59. The molecule has 0 spiro atoms. The van der Waals surface area contributed by atoms with Crippen molar-refractivity contribution in [2.45, 2.75) is 26.2 Å². The number of hydrogen-bond donors (Lipinski definition) is 1. The molecule has 3 aromatic rings. The maximum absolute atomic E-state index is 12.6. The zero-order chi connectivity index (χ0) is 18.4. The largest absolute Gasteiger partial charge is 0.352 e. The van der Waals surface area contributed by atoms with Crippen molar-refractivity contribution in [3.8, 4) is 5.69 Å². The predicted octanol–water partition coefficient (Wildman–Crippen LogP) is 4.45. The van der Waals surface area contributed by atoms with Crippen molar-refractivity contribution in [3.05, 3.63) is 82.6 Å². The molecule has 0 fully saturated rings. The summed E-state index contributed by atoms with van der Waals surface area (Å²) in [6, 6.07) is 17.6. The SMILES string of the molecule is CCCc1c(C(=O)NCCc2ccc(Cl)cc2)cnn1-c1ccccc1. The van der Waals surface area contributed by atoms with Gasteiger partial charge in [0.15, 0.2) is 0 Å². The van der Waals surface area contributed by atoms with Crippen molar-refractivity contribution < 1.29 is 4.79 Å². The van der Waals surface area contributed by atoms with Crippen LogP contribution in [0.1, 0.15) is 35.0 Å². The van der Waals surface area contributed by atoms with E-state index in [4.69, 9.17) is 11.6 Å². The summed E-state index contributed by atoms with van der Waals surface area (Å²) in [5, 5.41) is 8.16. The second-order valence-corrected chi connectivity index (χ2v) is 6.57. The zero-order valence-corrected chi connectivity index (χ0v) is 15.5. The number of benzene rings is 2. The van der Waals surface area contributed by atoms with Gasteiger partial charge in [-0.25, -0.2) is 4.68 Å². The highest BCUT2D eigenvalue weighted by molar-refractivity contribution is 6.30. The molecular weight excluding hydrogens is 346 g/mol. The summed E-state index contributed by atoms with van der Waals surface area (Å²) in [4.78, 5) is 12.6. The fraction of sp³-hybridized carbons (Fsp3) is 0.238. The Morgan fingerprint density at radius 3 is 2.50 bits per heavy atom. The van der Waals surface area contributed by atoms with Crippen molar-refractivity contribution in [2.75, 3.05) is 6.54 Å². The van der Waals surface area contributed by atoms with Gasteiger partial charge in [-0.05, 0) is 42.7 Å². The first-order valence-electron chi connectivity index (χ1n) is 8.84. The lowest BCUT2D eigenvalue weighted by Gasteiger charge is -2.09. The normalized spacial score (nSPS) is 10.7. The number of rotatable bonds is 7. The number of hydrogen-bond acceptors (Lipinski definition) is 2. The van der Waals surface area contributed by atoms with E-state index in [-0.39, 0.29) is 5.91 Å². The van der Waals surface area contributed by atoms with E-state index >= 15 is 0 Å². The predicted molar refractivity (Wildman–Crippen MR) is 105 cm³/mol. The van der Waals surface area contributed by atoms with Crippen molar-refractivity contribution >= 4 is 17.5 Å². The second kappa shape index (κ2) is 8.68. The quantitative estimate of drug-likeness (QED) is 0.670. The Kier molecular flexibility index (Phi) is 6.08. The molecule has 0 saturated heterocycles. The van der Waals surface area contributed by atoms with Crippen molar-refractivity contribution in [3.63, 3.8) is 0 Å². The smallest absolute Gasteiger partial charge is 0.254 e. The molecule has 5 heteroatoms. The van der Waals surface area contributed by atoms with E-state index in [9.17, 15) is 4.79 Å². The van der Waals surface area contributed by atoms with Crippen LogP contribution in [0.3, 0.4) is 0 Å². The standard InChI is InChI=1S/C21H22ClN3O/c1-2-6-20-19(15-24-25(20)18-7-4-3-5-8-18)21(26)23-14-13-16-9-11-17(22)12-10-16/h3-5,7-12,15H,2,6,13-14H2,1H3,(H,23,26). The number of nitrogens with zero attached hydrogens (tertiary/aromatic N) is 2. The van der Waals surface area contributed by atoms with E-state index in [1.165, 1.54) is 0 Å². The molecule has 1 heterocycles. The third-order valence-electron chi connectivity index (χ3n) is 4.21. The number of amides is 1. The molecule has 0 aliphatic rings. The molecule has 0 saturated carbocycles. The van der Waals surface area contributed by atoms with Gasteiger partial charge in [-0.15, -0.1) is 0 Å². The topological polar surface area (TPSA) is 46.9 Å². The van der Waals surface area contributed by atoms with E-state index < -0.39 is 0 Å². The highest BCUT2D eigenvalue weighted by Gasteiger charge is 2.17. The van der Waals surface area contributed by atoms with Crippen LogP contribution in [-0.4, -0.2) is 22.2 Å². The first kappa shape index (κ1) is 18.2. The Morgan fingerprint density at radius 2 is 1.81 bits per heavy atom. The molecule has 0 aliphatic heterocycles. The van der Waals surface area contributed by atoms with Gasteiger partial charge in [0.2, 0.25) is 0 Å². The molecule has 0 bridgehead atoms. The molecular formula is C21H22ClN3O. The van der Waals surface area contributed by atoms with E-state index in [0.717, 1.165) is 41.2 Å². The van der Waals surface area contributed by atoms with E-state index in [1.54, 1.807) is 6.20 Å². The van der Waals surface area contributed by atoms with Gasteiger partial charge in [-0.1, -0.05) is 55.3 Å². The summed E-state index contributed by atoms with van der Waals surface area (Å²) in [6.07, 6.45) is 4.17. The fourth-order valence-corrected chi connectivity index (χ4v) is 3.03. The maximum Gasteiger partial charge on any atom is 0.254 e. The summed E-state index contributed by atoms with van der Waals surface area (Å²) in [7, 11) is 0. The number of para-hydroxylation sites is 1. The average molecular weight is 368 g/mol. The molecule has 0 aliphatic carbocycles. The molecule has 2 aromatic carbocycles. The molecule has 0 unspecified atom stereocenters. The maximum atomic E-state index is 12.6. The van der Waals surface area contributed by atoms with Crippen LogP contribution in [0, 0.1) is 0 Å². The van der Waals surface area contributed by atoms with Crippen LogP contribution in [-0.2, 0) is 12.8 Å². The van der Waals surface area contributed by atoms with Crippen LogP contribution >= 0.6 is 11.6 Å². The lowest BCUT2D eigenvalue weighted by atomic mass is 10.1. The number of halogens is 1. The van der Waals surface area contributed by atoms with E-state index in [1.807, 2.05) is 59.3 Å². The van der Waals surface area contributed by atoms with Gasteiger partial charge in [-0.3, -0.25) is 4.79 Å². The van der Waals surface area contributed by atoms with Crippen LogP contribution in [0.2, 0.25) is 5.02 Å². The number of nitrogens with one attached hydrogen (secondary N) is 1. The van der Waals surface area contributed by atoms with Gasteiger partial charge in [-0.2, -0.15) is 5.10 Å².